The van der Waals surface area contributed by atoms with E-state index < -0.39 is 0 Å². The van der Waals surface area contributed by atoms with E-state index in [-0.39, 0.29) is 5.82 Å². The van der Waals surface area contributed by atoms with Crippen LogP contribution in [0.5, 0.6) is 0 Å². The predicted molar refractivity (Wildman–Crippen MR) is 85.3 cm³/mol. The molecule has 0 bridgehead atoms. The Labute approximate surface area is 125 Å². The van der Waals surface area contributed by atoms with Gasteiger partial charge in [-0.05, 0) is 37.3 Å². The molecule has 1 aromatic heterocycles. The van der Waals surface area contributed by atoms with Crippen LogP contribution in [0, 0.1) is 5.82 Å². The predicted octanol–water partition coefficient (Wildman–Crippen LogP) is 3.88. The lowest BCUT2D eigenvalue weighted by Gasteiger charge is -2.22. The van der Waals surface area contributed by atoms with Crippen molar-refractivity contribution in [2.75, 3.05) is 11.4 Å². The Balaban J connectivity index is 2.24. The van der Waals surface area contributed by atoms with Gasteiger partial charge in [-0.2, -0.15) is 0 Å². The summed E-state index contributed by atoms with van der Waals surface area (Å²) in [5.74, 6) is 0.606. The van der Waals surface area contributed by atoms with Gasteiger partial charge in [0.1, 0.15) is 11.6 Å². The van der Waals surface area contributed by atoms with Crippen molar-refractivity contribution in [3.63, 3.8) is 0 Å². The molecular formula is C17H22FN3. The van der Waals surface area contributed by atoms with E-state index >= 15 is 0 Å². The highest BCUT2D eigenvalue weighted by atomic mass is 19.1. The molecule has 0 amide bonds. The summed E-state index contributed by atoms with van der Waals surface area (Å²) in [5.41, 5.74) is 1.80. The van der Waals surface area contributed by atoms with Crippen LogP contribution >= 0.6 is 0 Å². The van der Waals surface area contributed by atoms with E-state index in [0.717, 1.165) is 30.3 Å². The van der Waals surface area contributed by atoms with Crippen LogP contribution in [-0.2, 0) is 6.54 Å². The monoisotopic (exact) mass is 287 g/mol. The Morgan fingerprint density at radius 2 is 1.95 bits per heavy atom. The van der Waals surface area contributed by atoms with Gasteiger partial charge in [0.25, 0.3) is 0 Å². The molecule has 0 spiro atoms. The fraction of sp³-hybridized carbons (Fsp3) is 0.353. The summed E-state index contributed by atoms with van der Waals surface area (Å²) in [6.07, 6.45) is 0. The molecule has 3 nitrogen and oxygen atoms in total. The van der Waals surface area contributed by atoms with Crippen molar-refractivity contribution in [3.8, 4) is 0 Å². The highest BCUT2D eigenvalue weighted by Crippen LogP contribution is 2.24. The number of rotatable bonds is 6. The number of hydrogen-bond acceptors (Lipinski definition) is 3. The summed E-state index contributed by atoms with van der Waals surface area (Å²) in [7, 11) is 0. The minimum absolute atomic E-state index is 0.233. The number of halogens is 1. The fourth-order valence-electron chi connectivity index (χ4n) is 2.15. The first kappa shape index (κ1) is 15.4. The molecular weight excluding hydrogens is 265 g/mol. The second-order valence-electron chi connectivity index (χ2n) is 5.25. The molecule has 0 aliphatic heterocycles. The quantitative estimate of drug-likeness (QED) is 0.874. The molecule has 0 saturated heterocycles. The van der Waals surface area contributed by atoms with E-state index in [9.17, 15) is 4.39 Å². The van der Waals surface area contributed by atoms with Crippen molar-refractivity contribution in [3.05, 3.63) is 54.0 Å². The van der Waals surface area contributed by atoms with Gasteiger partial charge in [-0.1, -0.05) is 26.0 Å². The first-order chi connectivity index (χ1) is 10.1. The number of hydrogen-bond donors (Lipinski definition) is 1. The molecule has 2 aromatic rings. The molecule has 0 radical (unpaired) electrons. The van der Waals surface area contributed by atoms with E-state index in [4.69, 9.17) is 0 Å². The normalized spacial score (nSPS) is 10.9. The van der Waals surface area contributed by atoms with Gasteiger partial charge in [0, 0.05) is 24.8 Å². The van der Waals surface area contributed by atoms with Gasteiger partial charge in [-0.15, -0.1) is 0 Å². The molecule has 0 atom stereocenters. The Kier molecular flexibility index (Phi) is 5.28. The summed E-state index contributed by atoms with van der Waals surface area (Å²) >= 11 is 0. The van der Waals surface area contributed by atoms with Crippen molar-refractivity contribution in [2.45, 2.75) is 33.4 Å². The molecule has 1 N–H and O–H groups in total. The van der Waals surface area contributed by atoms with Gasteiger partial charge in [0.05, 0.1) is 5.69 Å². The van der Waals surface area contributed by atoms with Crippen LogP contribution < -0.4 is 10.2 Å². The minimum Gasteiger partial charge on any atom is -0.327 e. The van der Waals surface area contributed by atoms with E-state index in [1.165, 1.54) is 12.1 Å². The molecule has 1 aromatic carbocycles. The van der Waals surface area contributed by atoms with E-state index in [2.05, 4.69) is 24.1 Å². The minimum atomic E-state index is -0.233. The topological polar surface area (TPSA) is 28.2 Å². The zero-order valence-electron chi connectivity index (χ0n) is 12.8. The van der Waals surface area contributed by atoms with Crippen molar-refractivity contribution in [1.82, 2.24) is 10.3 Å². The summed E-state index contributed by atoms with van der Waals surface area (Å²) in [5, 5.41) is 3.35. The summed E-state index contributed by atoms with van der Waals surface area (Å²) in [6, 6.07) is 13.0. The van der Waals surface area contributed by atoms with Gasteiger partial charge in [0.2, 0.25) is 0 Å². The molecule has 0 saturated carbocycles. The Bertz CT molecular complexity index is 584. The van der Waals surface area contributed by atoms with E-state index in [1.54, 1.807) is 6.07 Å². The maximum absolute atomic E-state index is 13.4. The molecule has 0 aliphatic rings. The van der Waals surface area contributed by atoms with Crippen LogP contribution in [0.2, 0.25) is 0 Å². The lowest BCUT2D eigenvalue weighted by molar-refractivity contribution is 0.581. The van der Waals surface area contributed by atoms with Gasteiger partial charge in [-0.3, -0.25) is 0 Å². The number of pyridine rings is 1. The largest absolute Gasteiger partial charge is 0.327 e. The van der Waals surface area contributed by atoms with Crippen LogP contribution in [0.4, 0.5) is 15.9 Å². The van der Waals surface area contributed by atoms with Crippen LogP contribution in [-0.4, -0.2) is 17.6 Å². The lowest BCUT2D eigenvalue weighted by Crippen LogP contribution is -2.23. The third-order valence-corrected chi connectivity index (χ3v) is 3.20. The van der Waals surface area contributed by atoms with E-state index in [0.29, 0.717) is 6.04 Å². The molecule has 21 heavy (non-hydrogen) atoms. The Hall–Kier alpha value is -1.94. The molecule has 1 heterocycles. The van der Waals surface area contributed by atoms with Crippen molar-refractivity contribution >= 4 is 11.5 Å². The molecule has 0 unspecified atom stereocenters. The third kappa shape index (κ3) is 4.26. The first-order valence-corrected chi connectivity index (χ1v) is 7.32. The van der Waals surface area contributed by atoms with Gasteiger partial charge < -0.3 is 10.2 Å². The number of nitrogens with one attached hydrogen (secondary N) is 1. The average Bonchev–Trinajstić information content (AvgIpc) is 2.46. The summed E-state index contributed by atoms with van der Waals surface area (Å²) in [6.45, 7) is 7.71. The molecule has 0 fully saturated rings. The van der Waals surface area contributed by atoms with Crippen molar-refractivity contribution < 1.29 is 4.39 Å². The van der Waals surface area contributed by atoms with Crippen LogP contribution in [0.1, 0.15) is 26.5 Å². The lowest BCUT2D eigenvalue weighted by atomic mass is 10.2. The molecule has 2 rings (SSSR count). The number of nitrogens with zero attached hydrogens (tertiary/aromatic N) is 2. The second kappa shape index (κ2) is 7.18. The Morgan fingerprint density at radius 3 is 2.62 bits per heavy atom. The molecule has 4 heteroatoms. The zero-order chi connectivity index (χ0) is 15.2. The fourth-order valence-corrected chi connectivity index (χ4v) is 2.15. The van der Waals surface area contributed by atoms with Gasteiger partial charge >= 0.3 is 0 Å². The summed E-state index contributed by atoms with van der Waals surface area (Å²) in [4.78, 5) is 6.66. The van der Waals surface area contributed by atoms with Crippen molar-refractivity contribution in [2.24, 2.45) is 0 Å². The highest BCUT2D eigenvalue weighted by molar-refractivity contribution is 5.59. The summed E-state index contributed by atoms with van der Waals surface area (Å²) < 4.78 is 13.4. The van der Waals surface area contributed by atoms with Crippen LogP contribution in [0.15, 0.2) is 42.5 Å². The average molecular weight is 287 g/mol. The highest BCUT2D eigenvalue weighted by Gasteiger charge is 2.10. The number of aromatic nitrogens is 1. The van der Waals surface area contributed by atoms with Crippen molar-refractivity contribution in [1.29, 1.82) is 0 Å². The van der Waals surface area contributed by atoms with Crippen LogP contribution in [0.25, 0.3) is 0 Å². The van der Waals surface area contributed by atoms with Gasteiger partial charge in [-0.25, -0.2) is 9.37 Å². The third-order valence-electron chi connectivity index (χ3n) is 3.20. The zero-order valence-corrected chi connectivity index (χ0v) is 12.8. The molecule has 112 valence electrons. The first-order valence-electron chi connectivity index (χ1n) is 7.32. The van der Waals surface area contributed by atoms with E-state index in [1.807, 2.05) is 36.1 Å². The molecule has 0 aliphatic carbocycles. The SMILES string of the molecule is CCN(c1cccc(F)c1)c1cccc(CNC(C)C)n1. The maximum Gasteiger partial charge on any atom is 0.133 e. The smallest absolute Gasteiger partial charge is 0.133 e. The number of benzene rings is 1. The second-order valence-corrected chi connectivity index (χ2v) is 5.25. The van der Waals surface area contributed by atoms with Gasteiger partial charge in [0.15, 0.2) is 0 Å². The number of anilines is 2. The standard InChI is InChI=1S/C17H22FN3/c1-4-21(16-9-5-7-14(18)11-16)17-10-6-8-15(20-17)12-19-13(2)3/h5-11,13,19H,4,12H2,1-3H3. The maximum atomic E-state index is 13.4. The Morgan fingerprint density at radius 1 is 1.19 bits per heavy atom. The van der Waals surface area contributed by atoms with Crippen LogP contribution in [0.3, 0.4) is 0 Å².